The Balaban J connectivity index is 2.86. The molecule has 0 heterocycles. The average Bonchev–Trinajstić information content (AvgIpc) is 2.04. The first-order chi connectivity index (χ1) is 5.77. The van der Waals surface area contributed by atoms with Crippen LogP contribution in [0.4, 0.5) is 0 Å². The summed E-state index contributed by atoms with van der Waals surface area (Å²) < 4.78 is 0. The average molecular weight is 160 g/mol. The molecule has 0 aliphatic heterocycles. The number of fused-ring (bicyclic) bond motifs is 1. The summed E-state index contributed by atoms with van der Waals surface area (Å²) >= 11 is 0. The minimum atomic E-state index is 0.216. The Labute approximate surface area is 69.7 Å². The molecule has 60 valence electrons. The summed E-state index contributed by atoms with van der Waals surface area (Å²) in [5.41, 5.74) is 0. The van der Waals surface area contributed by atoms with Gasteiger partial charge in [-0.25, -0.2) is 0 Å². The van der Waals surface area contributed by atoms with E-state index in [-0.39, 0.29) is 11.5 Å². The second-order valence-electron chi connectivity index (χ2n) is 2.68. The Bertz CT molecular complexity index is 421. The van der Waals surface area contributed by atoms with Crippen LogP contribution in [-0.4, -0.2) is 10.2 Å². The number of phenolic OH excluding ortho intramolecular Hbond substituents is 2. The Kier molecular flexibility index (Phi) is 1.40. The third-order valence-electron chi connectivity index (χ3n) is 1.84. The molecule has 2 nitrogen and oxygen atoms in total. The number of hydrogen-bond acceptors (Lipinski definition) is 2. The molecule has 2 aromatic carbocycles. The van der Waals surface area contributed by atoms with E-state index in [1.54, 1.807) is 30.3 Å². The van der Waals surface area contributed by atoms with Gasteiger partial charge in [0.1, 0.15) is 11.5 Å². The first-order valence-corrected chi connectivity index (χ1v) is 3.68. The normalized spacial score (nSPS) is 10.3. The van der Waals surface area contributed by atoms with Crippen LogP contribution in [0.1, 0.15) is 0 Å². The third kappa shape index (κ3) is 0.975. The lowest BCUT2D eigenvalue weighted by Gasteiger charge is -1.99. The number of hydrogen-bond donors (Lipinski definition) is 2. The van der Waals surface area contributed by atoms with Crippen LogP contribution < -0.4 is 0 Å². The van der Waals surface area contributed by atoms with Crippen LogP contribution in [0.15, 0.2) is 36.4 Å². The molecule has 0 aliphatic rings. The van der Waals surface area contributed by atoms with Gasteiger partial charge in [-0.15, -0.1) is 0 Å². The molecule has 0 bridgehead atoms. The molecule has 0 aromatic heterocycles. The second kappa shape index (κ2) is 2.41. The van der Waals surface area contributed by atoms with Gasteiger partial charge in [-0.05, 0) is 29.7 Å². The second-order valence-corrected chi connectivity index (χ2v) is 2.68. The molecular weight excluding hydrogens is 152 g/mol. The van der Waals surface area contributed by atoms with Gasteiger partial charge in [0, 0.05) is 5.39 Å². The van der Waals surface area contributed by atoms with Gasteiger partial charge < -0.3 is 10.2 Å². The van der Waals surface area contributed by atoms with E-state index in [0.717, 1.165) is 10.8 Å². The van der Waals surface area contributed by atoms with Crippen molar-refractivity contribution >= 4 is 10.8 Å². The molecule has 0 atom stereocenters. The van der Waals surface area contributed by atoms with Crippen molar-refractivity contribution < 1.29 is 10.2 Å². The molecule has 0 saturated heterocycles. The lowest BCUT2D eigenvalue weighted by molar-refractivity contribution is 0.475. The molecule has 0 saturated carbocycles. The maximum Gasteiger partial charge on any atom is 0.123 e. The summed E-state index contributed by atoms with van der Waals surface area (Å²) in [6, 6.07) is 10.1. The van der Waals surface area contributed by atoms with Gasteiger partial charge in [-0.2, -0.15) is 0 Å². The van der Waals surface area contributed by atoms with Crippen molar-refractivity contribution in [3.05, 3.63) is 36.4 Å². The highest BCUT2D eigenvalue weighted by atomic mass is 16.3. The van der Waals surface area contributed by atoms with E-state index >= 15 is 0 Å². The van der Waals surface area contributed by atoms with Crippen LogP contribution in [0.3, 0.4) is 0 Å². The van der Waals surface area contributed by atoms with Gasteiger partial charge >= 0.3 is 0 Å². The topological polar surface area (TPSA) is 40.5 Å². The molecule has 12 heavy (non-hydrogen) atoms. The van der Waals surface area contributed by atoms with Crippen molar-refractivity contribution in [2.45, 2.75) is 0 Å². The number of phenols is 2. The highest BCUT2D eigenvalue weighted by molar-refractivity contribution is 5.88. The number of rotatable bonds is 0. The van der Waals surface area contributed by atoms with Crippen molar-refractivity contribution in [1.82, 2.24) is 0 Å². The highest BCUT2D eigenvalue weighted by Crippen LogP contribution is 2.26. The van der Waals surface area contributed by atoms with Crippen LogP contribution in [0.5, 0.6) is 11.5 Å². The predicted molar refractivity (Wildman–Crippen MR) is 47.3 cm³/mol. The van der Waals surface area contributed by atoms with Crippen LogP contribution >= 0.6 is 0 Å². The Morgan fingerprint density at radius 3 is 2.58 bits per heavy atom. The van der Waals surface area contributed by atoms with E-state index in [1.165, 1.54) is 0 Å². The van der Waals surface area contributed by atoms with E-state index in [4.69, 9.17) is 5.11 Å². The SMILES string of the molecule is Oc1ccc2c(O)cccc2c1. The first kappa shape index (κ1) is 6.98. The molecule has 0 spiro atoms. The summed E-state index contributed by atoms with van der Waals surface area (Å²) in [7, 11) is 0. The van der Waals surface area contributed by atoms with E-state index in [9.17, 15) is 5.11 Å². The van der Waals surface area contributed by atoms with Gasteiger partial charge in [0.2, 0.25) is 0 Å². The van der Waals surface area contributed by atoms with Crippen LogP contribution in [0, 0.1) is 0 Å². The lowest BCUT2D eigenvalue weighted by atomic mass is 10.1. The fraction of sp³-hybridized carbons (Fsp3) is 0. The monoisotopic (exact) mass is 160 g/mol. The van der Waals surface area contributed by atoms with E-state index in [1.807, 2.05) is 6.07 Å². The summed E-state index contributed by atoms with van der Waals surface area (Å²) in [5, 5.41) is 20.1. The van der Waals surface area contributed by atoms with Crippen molar-refractivity contribution in [2.24, 2.45) is 0 Å². The van der Waals surface area contributed by atoms with E-state index in [0.29, 0.717) is 0 Å². The summed E-state index contributed by atoms with van der Waals surface area (Å²) in [6.45, 7) is 0. The fourth-order valence-corrected chi connectivity index (χ4v) is 1.25. The zero-order valence-corrected chi connectivity index (χ0v) is 6.36. The maximum absolute atomic E-state index is 9.38. The summed E-state index contributed by atoms with van der Waals surface area (Å²) in [4.78, 5) is 0. The minimum absolute atomic E-state index is 0.216. The molecule has 2 aromatic rings. The van der Waals surface area contributed by atoms with Gasteiger partial charge in [0.15, 0.2) is 0 Å². The Hall–Kier alpha value is -1.70. The zero-order valence-electron chi connectivity index (χ0n) is 6.36. The molecule has 2 N–H and O–H groups in total. The lowest BCUT2D eigenvalue weighted by Crippen LogP contribution is -1.72. The highest BCUT2D eigenvalue weighted by Gasteiger charge is 1.98. The van der Waals surface area contributed by atoms with Crippen LogP contribution in [-0.2, 0) is 0 Å². The summed E-state index contributed by atoms with van der Waals surface area (Å²) in [5.74, 6) is 0.459. The van der Waals surface area contributed by atoms with Gasteiger partial charge in [0.05, 0.1) is 0 Å². The van der Waals surface area contributed by atoms with Crippen LogP contribution in [0.25, 0.3) is 10.8 Å². The summed E-state index contributed by atoms with van der Waals surface area (Å²) in [6.07, 6.45) is 0. The van der Waals surface area contributed by atoms with E-state index in [2.05, 4.69) is 0 Å². The molecule has 0 fully saturated rings. The predicted octanol–water partition coefficient (Wildman–Crippen LogP) is 2.25. The third-order valence-corrected chi connectivity index (χ3v) is 1.84. The number of aromatic hydroxyl groups is 2. The van der Waals surface area contributed by atoms with Crippen molar-refractivity contribution in [2.75, 3.05) is 0 Å². The molecule has 0 unspecified atom stereocenters. The van der Waals surface area contributed by atoms with Crippen molar-refractivity contribution in [3.63, 3.8) is 0 Å². The standard InChI is InChI=1S/C10H8O2/c11-8-4-5-9-7(6-8)2-1-3-10(9)12/h1-6,11-12H. The molecule has 0 amide bonds. The van der Waals surface area contributed by atoms with Gasteiger partial charge in [0.25, 0.3) is 0 Å². The molecule has 2 rings (SSSR count). The largest absolute Gasteiger partial charge is 0.508 e. The Morgan fingerprint density at radius 2 is 1.75 bits per heavy atom. The smallest absolute Gasteiger partial charge is 0.123 e. The first-order valence-electron chi connectivity index (χ1n) is 3.68. The zero-order chi connectivity index (χ0) is 8.55. The Morgan fingerprint density at radius 1 is 0.917 bits per heavy atom. The van der Waals surface area contributed by atoms with Gasteiger partial charge in [-0.3, -0.25) is 0 Å². The molecule has 2 heteroatoms. The quantitative estimate of drug-likeness (QED) is 0.620. The molecule has 0 radical (unpaired) electrons. The van der Waals surface area contributed by atoms with Gasteiger partial charge in [-0.1, -0.05) is 12.1 Å². The van der Waals surface area contributed by atoms with Crippen molar-refractivity contribution in [1.29, 1.82) is 0 Å². The number of benzene rings is 2. The van der Waals surface area contributed by atoms with E-state index < -0.39 is 0 Å². The minimum Gasteiger partial charge on any atom is -0.508 e. The maximum atomic E-state index is 9.38. The van der Waals surface area contributed by atoms with Crippen LogP contribution in [0.2, 0.25) is 0 Å². The van der Waals surface area contributed by atoms with Crippen molar-refractivity contribution in [3.8, 4) is 11.5 Å². The fourth-order valence-electron chi connectivity index (χ4n) is 1.25. The molecular formula is C10H8O2. The molecule has 0 aliphatic carbocycles.